The largest absolute Gasteiger partial charge is 0.497 e. The second-order valence-corrected chi connectivity index (χ2v) is 11.0. The minimum atomic E-state index is -1.33. The molecule has 4 nitrogen and oxygen atoms in total. The molecule has 6 rings (SSSR count). The Labute approximate surface area is 208 Å². The number of rotatable bonds is 6. The van der Waals surface area contributed by atoms with Crippen molar-refractivity contribution in [1.82, 2.24) is 0 Å². The van der Waals surface area contributed by atoms with E-state index >= 15 is 0 Å². The first-order chi connectivity index (χ1) is 16.6. The molecule has 35 heavy (non-hydrogen) atoms. The van der Waals surface area contributed by atoms with E-state index in [2.05, 4.69) is 50.2 Å². The molecule has 0 aromatic heterocycles. The van der Waals surface area contributed by atoms with Crippen LogP contribution in [0.4, 0.5) is 0 Å². The van der Waals surface area contributed by atoms with E-state index in [1.165, 1.54) is 0 Å². The Hall–Kier alpha value is -2.82. The number of methoxy groups -OCH3 is 2. The van der Waals surface area contributed by atoms with Crippen LogP contribution in [0.1, 0.15) is 50.3 Å². The molecule has 0 heterocycles. The molecule has 2 bridgehead atoms. The van der Waals surface area contributed by atoms with Gasteiger partial charge in [-0.1, -0.05) is 68.4 Å². The zero-order valence-corrected chi connectivity index (χ0v) is 21.3. The van der Waals surface area contributed by atoms with Crippen LogP contribution in [0.3, 0.4) is 0 Å². The molecule has 0 unspecified atom stereocenters. The number of fused-ring (bicyclic) bond motifs is 2. The lowest BCUT2D eigenvalue weighted by atomic mass is 9.35. The molecule has 0 amide bonds. The summed E-state index contributed by atoms with van der Waals surface area (Å²) in [5.74, 6) is 1.61. The quantitative estimate of drug-likeness (QED) is 0.460. The number of benzene rings is 3. The predicted octanol–water partition coefficient (Wildman–Crippen LogP) is 5.59. The van der Waals surface area contributed by atoms with Crippen molar-refractivity contribution >= 4 is 0 Å². The van der Waals surface area contributed by atoms with E-state index in [0.29, 0.717) is 12.3 Å². The SMILES string of the molecule is COc1ccc(C(c2ccccc2)(c2ccc(OC)cc2)[C@H]2C[C@H]3C[C@](O)(C3(C)C)[C@@]2(C)O)cc1. The third kappa shape index (κ3) is 3.12. The molecule has 3 aromatic rings. The Kier molecular flexibility index (Phi) is 5.54. The Morgan fingerprint density at radius 2 is 1.17 bits per heavy atom. The molecule has 0 aliphatic heterocycles. The first-order valence-corrected chi connectivity index (χ1v) is 12.4. The van der Waals surface area contributed by atoms with Crippen LogP contribution >= 0.6 is 0 Å². The zero-order chi connectivity index (χ0) is 25.1. The Balaban J connectivity index is 1.83. The minimum absolute atomic E-state index is 0.268. The van der Waals surface area contributed by atoms with Crippen LogP contribution in [-0.2, 0) is 5.41 Å². The third-order valence-corrected chi connectivity index (χ3v) is 9.51. The average molecular weight is 473 g/mol. The molecule has 0 radical (unpaired) electrons. The minimum Gasteiger partial charge on any atom is -0.497 e. The molecule has 4 heteroatoms. The summed E-state index contributed by atoms with van der Waals surface area (Å²) in [4.78, 5) is 0. The highest BCUT2D eigenvalue weighted by Crippen LogP contribution is 2.70. The zero-order valence-electron chi connectivity index (χ0n) is 21.3. The second kappa shape index (κ2) is 8.11. The lowest BCUT2D eigenvalue weighted by molar-refractivity contribution is -0.338. The van der Waals surface area contributed by atoms with Crippen molar-refractivity contribution in [3.8, 4) is 11.5 Å². The first-order valence-electron chi connectivity index (χ1n) is 12.4. The maximum absolute atomic E-state index is 12.4. The fourth-order valence-corrected chi connectivity index (χ4v) is 7.23. The third-order valence-electron chi connectivity index (χ3n) is 9.51. The summed E-state index contributed by atoms with van der Waals surface area (Å²) in [6.07, 6.45) is 1.43. The summed E-state index contributed by atoms with van der Waals surface area (Å²) in [6, 6.07) is 26.7. The van der Waals surface area contributed by atoms with Gasteiger partial charge in [-0.15, -0.1) is 0 Å². The molecule has 184 valence electrons. The number of hydrogen-bond acceptors (Lipinski definition) is 4. The molecule has 0 saturated heterocycles. The van der Waals surface area contributed by atoms with Crippen molar-refractivity contribution in [3.63, 3.8) is 0 Å². The van der Waals surface area contributed by atoms with Gasteiger partial charge in [0.05, 0.1) is 30.8 Å². The van der Waals surface area contributed by atoms with Gasteiger partial charge in [-0.05, 0) is 72.1 Å². The highest BCUT2D eigenvalue weighted by atomic mass is 16.5. The summed E-state index contributed by atoms with van der Waals surface area (Å²) < 4.78 is 10.9. The topological polar surface area (TPSA) is 58.9 Å². The molecular weight excluding hydrogens is 436 g/mol. The fourth-order valence-electron chi connectivity index (χ4n) is 7.23. The molecule has 3 aromatic carbocycles. The first kappa shape index (κ1) is 23.9. The van der Waals surface area contributed by atoms with Gasteiger partial charge in [0.25, 0.3) is 0 Å². The maximum atomic E-state index is 12.4. The van der Waals surface area contributed by atoms with Gasteiger partial charge in [0, 0.05) is 5.92 Å². The highest BCUT2D eigenvalue weighted by Gasteiger charge is 2.75. The van der Waals surface area contributed by atoms with E-state index in [0.717, 1.165) is 34.6 Å². The lowest BCUT2D eigenvalue weighted by Crippen LogP contribution is -2.79. The van der Waals surface area contributed by atoms with E-state index in [4.69, 9.17) is 9.47 Å². The second-order valence-electron chi connectivity index (χ2n) is 11.0. The van der Waals surface area contributed by atoms with Gasteiger partial charge in [0.15, 0.2) is 0 Å². The van der Waals surface area contributed by atoms with E-state index in [1.807, 2.05) is 49.4 Å². The smallest absolute Gasteiger partial charge is 0.118 e. The standard InChI is InChI=1S/C31H36O4/c1-28(2)24-19-27(29(3,32)30(28,33)20-24)31(21-9-7-6-8-10-21,22-11-15-25(34-4)16-12-22)23-13-17-26(35-5)18-14-23/h6-18,24,27,32-33H,19-20H2,1-5H3/t24-,27-,29-,30-/m0/s1. The Morgan fingerprint density at radius 1 is 0.714 bits per heavy atom. The number of ether oxygens (including phenoxy) is 2. The summed E-state index contributed by atoms with van der Waals surface area (Å²) in [7, 11) is 3.33. The maximum Gasteiger partial charge on any atom is 0.118 e. The van der Waals surface area contributed by atoms with Crippen molar-refractivity contribution in [2.24, 2.45) is 17.3 Å². The van der Waals surface area contributed by atoms with Crippen molar-refractivity contribution in [3.05, 3.63) is 95.6 Å². The molecule has 2 N–H and O–H groups in total. The van der Waals surface area contributed by atoms with Crippen LogP contribution in [-0.4, -0.2) is 35.6 Å². The van der Waals surface area contributed by atoms with Crippen molar-refractivity contribution in [1.29, 1.82) is 0 Å². The average Bonchev–Trinajstić information content (AvgIpc) is 2.88. The van der Waals surface area contributed by atoms with Crippen LogP contribution in [0, 0.1) is 17.3 Å². The van der Waals surface area contributed by atoms with E-state index in [9.17, 15) is 10.2 Å². The summed E-state index contributed by atoms with van der Waals surface area (Å²) in [6.45, 7) is 6.03. The molecule has 3 aliphatic carbocycles. The molecular formula is C31H36O4. The predicted molar refractivity (Wildman–Crippen MR) is 138 cm³/mol. The summed E-state index contributed by atoms with van der Waals surface area (Å²) in [5, 5.41) is 24.3. The van der Waals surface area contributed by atoms with Gasteiger partial charge >= 0.3 is 0 Å². The molecule has 3 aliphatic rings. The number of hydrogen-bond donors (Lipinski definition) is 2. The van der Waals surface area contributed by atoms with Crippen LogP contribution in [0.5, 0.6) is 11.5 Å². The molecule has 4 atom stereocenters. The van der Waals surface area contributed by atoms with Gasteiger partial charge in [0.1, 0.15) is 11.5 Å². The van der Waals surface area contributed by atoms with Crippen LogP contribution < -0.4 is 9.47 Å². The Morgan fingerprint density at radius 3 is 1.60 bits per heavy atom. The van der Waals surface area contributed by atoms with Crippen LogP contribution in [0.15, 0.2) is 78.9 Å². The van der Waals surface area contributed by atoms with Crippen molar-refractivity contribution in [2.45, 2.75) is 50.2 Å². The number of aliphatic hydroxyl groups is 2. The monoisotopic (exact) mass is 472 g/mol. The van der Waals surface area contributed by atoms with E-state index in [-0.39, 0.29) is 11.3 Å². The van der Waals surface area contributed by atoms with Crippen molar-refractivity contribution in [2.75, 3.05) is 14.2 Å². The van der Waals surface area contributed by atoms with Gasteiger partial charge < -0.3 is 19.7 Å². The van der Waals surface area contributed by atoms with E-state index in [1.54, 1.807) is 14.2 Å². The van der Waals surface area contributed by atoms with Crippen LogP contribution in [0.2, 0.25) is 0 Å². The van der Waals surface area contributed by atoms with Gasteiger partial charge in [-0.25, -0.2) is 0 Å². The fraction of sp³-hybridized carbons (Fsp3) is 0.419. The van der Waals surface area contributed by atoms with Gasteiger partial charge in [-0.2, -0.15) is 0 Å². The summed E-state index contributed by atoms with van der Waals surface area (Å²) in [5.41, 5.74) is -0.358. The normalized spacial score (nSPS) is 29.2. The molecule has 0 spiro atoms. The summed E-state index contributed by atoms with van der Waals surface area (Å²) >= 11 is 0. The molecule has 3 saturated carbocycles. The Bertz CT molecular complexity index is 1130. The van der Waals surface area contributed by atoms with Gasteiger partial charge in [-0.3, -0.25) is 0 Å². The van der Waals surface area contributed by atoms with Crippen LogP contribution in [0.25, 0.3) is 0 Å². The van der Waals surface area contributed by atoms with Crippen molar-refractivity contribution < 1.29 is 19.7 Å². The lowest BCUT2D eigenvalue weighted by Gasteiger charge is -2.72. The van der Waals surface area contributed by atoms with E-state index < -0.39 is 16.6 Å². The van der Waals surface area contributed by atoms with Gasteiger partial charge in [0.2, 0.25) is 0 Å². The molecule has 3 fully saturated rings. The highest BCUT2D eigenvalue weighted by molar-refractivity contribution is 5.55.